The molecule has 0 aromatic heterocycles. The standard InChI is InChI=1S/C13H28N2O/c1-11(2)10-15(8-9-16-3)7-6-13(14)12-4-5-12/h11-13H,4-10,14H2,1-3H3. The predicted molar refractivity (Wildman–Crippen MR) is 68.5 cm³/mol. The van der Waals surface area contributed by atoms with Crippen LogP contribution in [0.5, 0.6) is 0 Å². The quantitative estimate of drug-likeness (QED) is 0.653. The minimum absolute atomic E-state index is 0.428. The van der Waals surface area contributed by atoms with Gasteiger partial charge in [-0.3, -0.25) is 0 Å². The molecule has 3 nitrogen and oxygen atoms in total. The van der Waals surface area contributed by atoms with Crippen molar-refractivity contribution in [1.82, 2.24) is 4.90 Å². The number of ether oxygens (including phenoxy) is 1. The smallest absolute Gasteiger partial charge is 0.0589 e. The van der Waals surface area contributed by atoms with Crippen molar-refractivity contribution < 1.29 is 4.74 Å². The van der Waals surface area contributed by atoms with Gasteiger partial charge in [0.1, 0.15) is 0 Å². The van der Waals surface area contributed by atoms with Crippen molar-refractivity contribution >= 4 is 0 Å². The zero-order valence-electron chi connectivity index (χ0n) is 11.1. The van der Waals surface area contributed by atoms with Gasteiger partial charge in [0.25, 0.3) is 0 Å². The fourth-order valence-electron chi connectivity index (χ4n) is 2.12. The average Bonchev–Trinajstić information content (AvgIpc) is 3.04. The van der Waals surface area contributed by atoms with E-state index in [9.17, 15) is 0 Å². The van der Waals surface area contributed by atoms with E-state index in [4.69, 9.17) is 10.5 Å². The highest BCUT2D eigenvalue weighted by Gasteiger charge is 2.28. The maximum atomic E-state index is 6.13. The maximum Gasteiger partial charge on any atom is 0.0589 e. The predicted octanol–water partition coefficient (Wildman–Crippen LogP) is 1.72. The molecule has 96 valence electrons. The molecule has 0 saturated heterocycles. The van der Waals surface area contributed by atoms with Gasteiger partial charge >= 0.3 is 0 Å². The van der Waals surface area contributed by atoms with Gasteiger partial charge in [-0.2, -0.15) is 0 Å². The summed E-state index contributed by atoms with van der Waals surface area (Å²) in [6.07, 6.45) is 3.84. The summed E-state index contributed by atoms with van der Waals surface area (Å²) in [7, 11) is 1.77. The molecule has 0 aromatic rings. The van der Waals surface area contributed by atoms with E-state index >= 15 is 0 Å². The van der Waals surface area contributed by atoms with Crippen LogP contribution in [0.2, 0.25) is 0 Å². The van der Waals surface area contributed by atoms with E-state index < -0.39 is 0 Å². The molecule has 1 rings (SSSR count). The van der Waals surface area contributed by atoms with Crippen molar-refractivity contribution in [3.63, 3.8) is 0 Å². The molecule has 3 heteroatoms. The molecule has 1 fully saturated rings. The highest BCUT2D eigenvalue weighted by molar-refractivity contribution is 4.84. The van der Waals surface area contributed by atoms with Crippen LogP contribution in [0, 0.1) is 11.8 Å². The zero-order chi connectivity index (χ0) is 12.0. The second-order valence-electron chi connectivity index (χ2n) is 5.48. The molecule has 0 spiro atoms. The van der Waals surface area contributed by atoms with Crippen LogP contribution in [0.1, 0.15) is 33.1 Å². The topological polar surface area (TPSA) is 38.5 Å². The Hall–Kier alpha value is -0.120. The molecular weight excluding hydrogens is 200 g/mol. The van der Waals surface area contributed by atoms with Crippen LogP contribution in [-0.2, 0) is 4.74 Å². The van der Waals surface area contributed by atoms with Gasteiger partial charge in [-0.1, -0.05) is 13.8 Å². The van der Waals surface area contributed by atoms with E-state index in [0.29, 0.717) is 12.0 Å². The third kappa shape index (κ3) is 5.83. The van der Waals surface area contributed by atoms with Gasteiger partial charge in [0.2, 0.25) is 0 Å². The number of hydrogen-bond donors (Lipinski definition) is 1. The second kappa shape index (κ2) is 7.25. The zero-order valence-corrected chi connectivity index (χ0v) is 11.1. The van der Waals surface area contributed by atoms with Gasteiger partial charge in [-0.25, -0.2) is 0 Å². The Bertz CT molecular complexity index is 181. The summed E-state index contributed by atoms with van der Waals surface area (Å²) < 4.78 is 5.15. The van der Waals surface area contributed by atoms with Crippen molar-refractivity contribution in [1.29, 1.82) is 0 Å². The summed E-state index contributed by atoms with van der Waals surface area (Å²) in [5, 5.41) is 0. The first-order valence-corrected chi connectivity index (χ1v) is 6.60. The molecule has 0 heterocycles. The van der Waals surface area contributed by atoms with Crippen LogP contribution in [0.3, 0.4) is 0 Å². The minimum atomic E-state index is 0.428. The van der Waals surface area contributed by atoms with Gasteiger partial charge in [-0.15, -0.1) is 0 Å². The maximum absolute atomic E-state index is 6.13. The first-order valence-electron chi connectivity index (χ1n) is 6.60. The minimum Gasteiger partial charge on any atom is -0.383 e. The van der Waals surface area contributed by atoms with Gasteiger partial charge in [0.05, 0.1) is 6.61 Å². The van der Waals surface area contributed by atoms with E-state index in [1.54, 1.807) is 7.11 Å². The summed E-state index contributed by atoms with van der Waals surface area (Å²) >= 11 is 0. The molecule has 1 aliphatic carbocycles. The molecule has 1 unspecified atom stereocenters. The summed E-state index contributed by atoms with van der Waals surface area (Å²) in [5.41, 5.74) is 6.13. The Balaban J connectivity index is 2.18. The molecule has 0 aliphatic heterocycles. The first-order chi connectivity index (χ1) is 7.63. The first kappa shape index (κ1) is 13.9. The van der Waals surface area contributed by atoms with Gasteiger partial charge in [-0.05, 0) is 37.6 Å². The number of hydrogen-bond acceptors (Lipinski definition) is 3. The van der Waals surface area contributed by atoms with Crippen LogP contribution in [0.15, 0.2) is 0 Å². The van der Waals surface area contributed by atoms with Crippen LogP contribution in [-0.4, -0.2) is 44.3 Å². The van der Waals surface area contributed by atoms with Gasteiger partial charge in [0, 0.05) is 26.2 Å². The van der Waals surface area contributed by atoms with E-state index in [-0.39, 0.29) is 0 Å². The van der Waals surface area contributed by atoms with Gasteiger partial charge < -0.3 is 15.4 Å². The van der Waals surface area contributed by atoms with Crippen LogP contribution in [0.4, 0.5) is 0 Å². The Kier molecular flexibility index (Phi) is 6.32. The largest absolute Gasteiger partial charge is 0.383 e. The van der Waals surface area contributed by atoms with E-state index in [0.717, 1.165) is 38.6 Å². The lowest BCUT2D eigenvalue weighted by atomic mass is 10.1. The summed E-state index contributed by atoms with van der Waals surface area (Å²) in [4.78, 5) is 2.48. The number of rotatable bonds is 9. The molecule has 0 bridgehead atoms. The van der Waals surface area contributed by atoms with E-state index in [1.807, 2.05) is 0 Å². The average molecular weight is 228 g/mol. The second-order valence-corrected chi connectivity index (χ2v) is 5.48. The SMILES string of the molecule is COCCN(CCC(N)C1CC1)CC(C)C. The fourth-order valence-corrected chi connectivity index (χ4v) is 2.12. The monoisotopic (exact) mass is 228 g/mol. The van der Waals surface area contributed by atoms with Crippen LogP contribution in [0.25, 0.3) is 0 Å². The van der Waals surface area contributed by atoms with Crippen molar-refractivity contribution in [3.8, 4) is 0 Å². The number of nitrogens with zero attached hydrogens (tertiary/aromatic N) is 1. The highest BCUT2D eigenvalue weighted by Crippen LogP contribution is 2.32. The normalized spacial score (nSPS) is 18.4. The molecule has 0 radical (unpaired) electrons. The Labute approximate surface area is 100 Å². The lowest BCUT2D eigenvalue weighted by Gasteiger charge is -2.25. The molecule has 1 saturated carbocycles. The molecule has 0 aromatic carbocycles. The van der Waals surface area contributed by atoms with Gasteiger partial charge in [0.15, 0.2) is 0 Å². The van der Waals surface area contributed by atoms with Crippen molar-refractivity contribution in [2.45, 2.75) is 39.2 Å². The summed E-state index contributed by atoms with van der Waals surface area (Å²) in [6.45, 7) is 8.67. The molecule has 16 heavy (non-hydrogen) atoms. The lowest BCUT2D eigenvalue weighted by Crippen LogP contribution is -2.35. The molecular formula is C13H28N2O. The van der Waals surface area contributed by atoms with Crippen molar-refractivity contribution in [3.05, 3.63) is 0 Å². The highest BCUT2D eigenvalue weighted by atomic mass is 16.5. The van der Waals surface area contributed by atoms with Crippen LogP contribution >= 0.6 is 0 Å². The molecule has 2 N–H and O–H groups in total. The van der Waals surface area contributed by atoms with E-state index in [2.05, 4.69) is 18.7 Å². The van der Waals surface area contributed by atoms with E-state index in [1.165, 1.54) is 12.8 Å². The Morgan fingerprint density at radius 3 is 2.50 bits per heavy atom. The van der Waals surface area contributed by atoms with Crippen LogP contribution < -0.4 is 5.73 Å². The summed E-state index contributed by atoms with van der Waals surface area (Å²) in [5.74, 6) is 1.54. The molecule has 0 amide bonds. The van der Waals surface area contributed by atoms with Crippen molar-refractivity contribution in [2.24, 2.45) is 17.6 Å². The number of methoxy groups -OCH3 is 1. The Morgan fingerprint density at radius 1 is 1.31 bits per heavy atom. The Morgan fingerprint density at radius 2 is 2.00 bits per heavy atom. The fraction of sp³-hybridized carbons (Fsp3) is 1.00. The lowest BCUT2D eigenvalue weighted by molar-refractivity contribution is 0.137. The summed E-state index contributed by atoms with van der Waals surface area (Å²) in [6, 6.07) is 0.428. The number of nitrogens with two attached hydrogens (primary N) is 1. The third-order valence-corrected chi connectivity index (χ3v) is 3.24. The van der Waals surface area contributed by atoms with Crippen molar-refractivity contribution in [2.75, 3.05) is 33.4 Å². The molecule has 1 atom stereocenters. The molecule has 1 aliphatic rings. The third-order valence-electron chi connectivity index (χ3n) is 3.24.